The molecule has 1 N–H and O–H groups in total. The van der Waals surface area contributed by atoms with E-state index in [1.165, 1.54) is 23.3 Å². The Labute approximate surface area is 160 Å². The lowest BCUT2D eigenvalue weighted by Crippen LogP contribution is -2.47. The molecule has 4 rings (SSSR count). The number of likely N-dealkylation sites (tertiary alicyclic amines) is 1. The number of para-hydroxylation sites is 2. The van der Waals surface area contributed by atoms with Crippen LogP contribution in [0.5, 0.6) is 0 Å². The van der Waals surface area contributed by atoms with Crippen molar-refractivity contribution >= 4 is 22.8 Å². The summed E-state index contributed by atoms with van der Waals surface area (Å²) in [6.07, 6.45) is 5.48. The summed E-state index contributed by atoms with van der Waals surface area (Å²) < 4.78 is 6.39. The maximum Gasteiger partial charge on any atom is 0.269 e. The summed E-state index contributed by atoms with van der Waals surface area (Å²) in [6.45, 7) is 1.07. The Hall–Kier alpha value is -3.42. The lowest BCUT2D eigenvalue weighted by molar-refractivity contribution is -0.122. The van der Waals surface area contributed by atoms with Crippen molar-refractivity contribution < 1.29 is 14.0 Å². The molecule has 0 radical (unpaired) electrons. The monoisotopic (exact) mass is 380 g/mol. The van der Waals surface area contributed by atoms with Crippen molar-refractivity contribution in [1.82, 2.24) is 19.8 Å². The van der Waals surface area contributed by atoms with Gasteiger partial charge in [0.15, 0.2) is 0 Å². The highest BCUT2D eigenvalue weighted by molar-refractivity contribution is 5.93. The molecular weight excluding hydrogens is 360 g/mol. The molecule has 144 valence electrons. The lowest BCUT2D eigenvalue weighted by atomic mass is 10.0. The van der Waals surface area contributed by atoms with Gasteiger partial charge in [0.25, 0.3) is 11.5 Å². The number of hydrogen-bond acceptors (Lipinski definition) is 5. The highest BCUT2D eigenvalue weighted by Gasteiger charge is 2.25. The Kier molecular flexibility index (Phi) is 4.92. The predicted molar refractivity (Wildman–Crippen MR) is 102 cm³/mol. The standard InChI is InChI=1S/C20H20N4O4/c25-18(12-24-17-4-2-1-3-16(17)21-11-19(24)26)22-15-5-8-23(9-6-15)20(27)14-7-10-28-13-14/h1-4,7,10-11,13,15H,5-6,8-9,12H2,(H,22,25). The Balaban J connectivity index is 1.36. The molecule has 3 aromatic rings. The van der Waals surface area contributed by atoms with Crippen molar-refractivity contribution in [3.8, 4) is 0 Å². The highest BCUT2D eigenvalue weighted by Crippen LogP contribution is 2.15. The minimum atomic E-state index is -0.311. The zero-order valence-corrected chi connectivity index (χ0v) is 15.2. The molecule has 0 unspecified atom stereocenters. The Morgan fingerprint density at radius 3 is 2.71 bits per heavy atom. The molecule has 8 heteroatoms. The van der Waals surface area contributed by atoms with Crippen LogP contribution in [0.4, 0.5) is 0 Å². The fourth-order valence-electron chi connectivity index (χ4n) is 3.49. The zero-order valence-electron chi connectivity index (χ0n) is 15.2. The smallest absolute Gasteiger partial charge is 0.269 e. The van der Waals surface area contributed by atoms with Crippen LogP contribution >= 0.6 is 0 Å². The summed E-state index contributed by atoms with van der Waals surface area (Å²) >= 11 is 0. The van der Waals surface area contributed by atoms with Gasteiger partial charge < -0.3 is 14.6 Å². The van der Waals surface area contributed by atoms with Gasteiger partial charge in [-0.1, -0.05) is 12.1 Å². The van der Waals surface area contributed by atoms with Crippen molar-refractivity contribution in [1.29, 1.82) is 0 Å². The first-order chi connectivity index (χ1) is 13.6. The minimum absolute atomic E-state index is 0.0234. The Morgan fingerprint density at radius 2 is 1.96 bits per heavy atom. The first kappa shape index (κ1) is 18.0. The van der Waals surface area contributed by atoms with Crippen molar-refractivity contribution in [3.05, 3.63) is 65.0 Å². The van der Waals surface area contributed by atoms with Crippen molar-refractivity contribution in [2.24, 2.45) is 0 Å². The quantitative estimate of drug-likeness (QED) is 0.738. The maximum absolute atomic E-state index is 12.5. The number of furan rings is 1. The van der Waals surface area contributed by atoms with E-state index >= 15 is 0 Å². The number of aromatic nitrogens is 2. The molecule has 2 aromatic heterocycles. The molecule has 1 aromatic carbocycles. The van der Waals surface area contributed by atoms with E-state index in [-0.39, 0.29) is 30.0 Å². The third kappa shape index (κ3) is 3.66. The second-order valence-corrected chi connectivity index (χ2v) is 6.82. The molecule has 8 nitrogen and oxygen atoms in total. The van der Waals surface area contributed by atoms with Crippen LogP contribution in [-0.4, -0.2) is 45.4 Å². The van der Waals surface area contributed by atoms with Crippen molar-refractivity contribution in [2.75, 3.05) is 13.1 Å². The number of fused-ring (bicyclic) bond motifs is 1. The van der Waals surface area contributed by atoms with E-state index in [1.807, 2.05) is 12.1 Å². The number of rotatable bonds is 4. The largest absolute Gasteiger partial charge is 0.472 e. The van der Waals surface area contributed by atoms with Crippen LogP contribution in [-0.2, 0) is 11.3 Å². The van der Waals surface area contributed by atoms with E-state index in [1.54, 1.807) is 23.1 Å². The number of carbonyl (C=O) groups excluding carboxylic acids is 2. The molecule has 1 aliphatic rings. The van der Waals surface area contributed by atoms with Gasteiger partial charge in [0, 0.05) is 19.1 Å². The van der Waals surface area contributed by atoms with Gasteiger partial charge in [-0.15, -0.1) is 0 Å². The van der Waals surface area contributed by atoms with Gasteiger partial charge >= 0.3 is 0 Å². The molecule has 1 fully saturated rings. The minimum Gasteiger partial charge on any atom is -0.472 e. The third-order valence-corrected chi connectivity index (χ3v) is 4.97. The van der Waals surface area contributed by atoms with Gasteiger partial charge in [-0.05, 0) is 31.0 Å². The molecule has 28 heavy (non-hydrogen) atoms. The Bertz CT molecular complexity index is 1050. The third-order valence-electron chi connectivity index (χ3n) is 4.97. The maximum atomic E-state index is 12.5. The molecular formula is C20H20N4O4. The van der Waals surface area contributed by atoms with Crippen molar-refractivity contribution in [2.45, 2.75) is 25.4 Å². The van der Waals surface area contributed by atoms with Crippen LogP contribution in [0, 0.1) is 0 Å². The van der Waals surface area contributed by atoms with Gasteiger partial charge in [0.05, 0.1) is 29.1 Å². The number of carbonyl (C=O) groups is 2. The van der Waals surface area contributed by atoms with E-state index in [2.05, 4.69) is 10.3 Å². The first-order valence-corrected chi connectivity index (χ1v) is 9.17. The fraction of sp³-hybridized carbons (Fsp3) is 0.300. The summed E-state index contributed by atoms with van der Waals surface area (Å²) in [6, 6.07) is 8.84. The molecule has 2 amide bonds. The molecule has 0 bridgehead atoms. The molecule has 0 spiro atoms. The van der Waals surface area contributed by atoms with E-state index < -0.39 is 0 Å². The SMILES string of the molecule is O=C(Cn1c(=O)cnc2ccccc21)NC1CCN(C(=O)c2ccoc2)CC1. The van der Waals surface area contributed by atoms with Gasteiger partial charge in [-0.2, -0.15) is 0 Å². The zero-order chi connectivity index (χ0) is 19.5. The molecule has 1 saturated heterocycles. The topological polar surface area (TPSA) is 97.4 Å². The van der Waals surface area contributed by atoms with Crippen LogP contribution in [0.1, 0.15) is 23.2 Å². The number of amides is 2. The van der Waals surface area contributed by atoms with Crippen LogP contribution in [0.15, 0.2) is 58.3 Å². The number of benzene rings is 1. The Morgan fingerprint density at radius 1 is 1.18 bits per heavy atom. The molecule has 3 heterocycles. The first-order valence-electron chi connectivity index (χ1n) is 9.17. The second-order valence-electron chi connectivity index (χ2n) is 6.82. The number of nitrogens with zero attached hydrogens (tertiary/aromatic N) is 3. The fourth-order valence-corrected chi connectivity index (χ4v) is 3.49. The van der Waals surface area contributed by atoms with Gasteiger partial charge in [-0.3, -0.25) is 19.0 Å². The molecule has 0 aliphatic carbocycles. The summed E-state index contributed by atoms with van der Waals surface area (Å²) in [5, 5.41) is 2.98. The molecule has 0 atom stereocenters. The van der Waals surface area contributed by atoms with Crippen LogP contribution < -0.4 is 10.9 Å². The van der Waals surface area contributed by atoms with Crippen LogP contribution in [0.25, 0.3) is 11.0 Å². The van der Waals surface area contributed by atoms with E-state index in [0.29, 0.717) is 42.5 Å². The summed E-state index contributed by atoms with van der Waals surface area (Å²) in [4.78, 5) is 42.8. The van der Waals surface area contributed by atoms with E-state index in [4.69, 9.17) is 4.42 Å². The van der Waals surface area contributed by atoms with Crippen LogP contribution in [0.2, 0.25) is 0 Å². The van der Waals surface area contributed by atoms with Crippen molar-refractivity contribution in [3.63, 3.8) is 0 Å². The second kappa shape index (κ2) is 7.67. The highest BCUT2D eigenvalue weighted by atomic mass is 16.3. The van der Waals surface area contributed by atoms with Gasteiger partial charge in [0.2, 0.25) is 5.91 Å². The molecule has 0 saturated carbocycles. The predicted octanol–water partition coefficient (Wildman–Crippen LogP) is 1.41. The average Bonchev–Trinajstić information content (AvgIpc) is 3.25. The average molecular weight is 380 g/mol. The van der Waals surface area contributed by atoms with Gasteiger partial charge in [-0.25, -0.2) is 4.98 Å². The summed E-state index contributed by atoms with van der Waals surface area (Å²) in [7, 11) is 0. The molecule has 1 aliphatic heterocycles. The summed E-state index contributed by atoms with van der Waals surface area (Å²) in [5.41, 5.74) is 1.52. The van der Waals surface area contributed by atoms with E-state index in [0.717, 1.165) is 0 Å². The number of piperidine rings is 1. The normalized spacial score (nSPS) is 14.9. The number of nitrogens with one attached hydrogen (secondary N) is 1. The van der Waals surface area contributed by atoms with Crippen LogP contribution in [0.3, 0.4) is 0 Å². The lowest BCUT2D eigenvalue weighted by Gasteiger charge is -2.32. The number of hydrogen-bond donors (Lipinski definition) is 1. The van der Waals surface area contributed by atoms with E-state index in [9.17, 15) is 14.4 Å². The summed E-state index contributed by atoms with van der Waals surface area (Å²) in [5.74, 6) is -0.286. The van der Waals surface area contributed by atoms with Gasteiger partial charge in [0.1, 0.15) is 12.8 Å².